The number of rotatable bonds is 4. The average Bonchev–Trinajstić information content (AvgIpc) is 3.24. The molecule has 0 atom stereocenters. The van der Waals surface area contributed by atoms with Crippen LogP contribution in [-0.4, -0.2) is 43.4 Å². The largest absolute Gasteiger partial charge is 0.496 e. The van der Waals surface area contributed by atoms with Gasteiger partial charge < -0.3 is 18.8 Å². The first-order valence-electron chi connectivity index (χ1n) is 9.65. The molecule has 0 amide bonds. The van der Waals surface area contributed by atoms with Gasteiger partial charge in [-0.2, -0.15) is 0 Å². The highest BCUT2D eigenvalue weighted by atomic mass is 35.5. The zero-order valence-corrected chi connectivity index (χ0v) is 17.4. The molecule has 3 heterocycles. The highest BCUT2D eigenvalue weighted by Gasteiger charge is 2.15. The predicted molar refractivity (Wildman–Crippen MR) is 120 cm³/mol. The maximum Gasteiger partial charge on any atom is 0.227 e. The van der Waals surface area contributed by atoms with Gasteiger partial charge in [-0.3, -0.25) is 4.98 Å². The van der Waals surface area contributed by atoms with Crippen LogP contribution in [0.4, 0.5) is 5.69 Å². The molecule has 1 saturated heterocycles. The fourth-order valence-electron chi connectivity index (χ4n) is 3.59. The molecule has 2 aromatic heterocycles. The maximum absolute atomic E-state index is 5.88. The fourth-order valence-corrected chi connectivity index (χ4v) is 3.59. The molecule has 7 heteroatoms. The van der Waals surface area contributed by atoms with Gasteiger partial charge in [0.2, 0.25) is 5.89 Å². The minimum atomic E-state index is 0. The number of anilines is 1. The van der Waals surface area contributed by atoms with E-state index in [-0.39, 0.29) is 12.4 Å². The van der Waals surface area contributed by atoms with E-state index in [2.05, 4.69) is 20.9 Å². The highest BCUT2D eigenvalue weighted by molar-refractivity contribution is 5.85. The number of oxazole rings is 1. The summed E-state index contributed by atoms with van der Waals surface area (Å²) in [4.78, 5) is 11.5. The van der Waals surface area contributed by atoms with Crippen LogP contribution in [0.3, 0.4) is 0 Å². The van der Waals surface area contributed by atoms with Gasteiger partial charge in [0.15, 0.2) is 5.58 Å². The maximum atomic E-state index is 5.88. The van der Waals surface area contributed by atoms with Crippen LogP contribution in [0.5, 0.6) is 5.75 Å². The molecule has 30 heavy (non-hydrogen) atoms. The summed E-state index contributed by atoms with van der Waals surface area (Å²) in [5.41, 5.74) is 5.38. The molecule has 4 aromatic rings. The lowest BCUT2D eigenvalue weighted by molar-refractivity contribution is 0.122. The van der Waals surface area contributed by atoms with E-state index in [4.69, 9.17) is 13.9 Å². The molecule has 2 aromatic carbocycles. The second-order valence-electron chi connectivity index (χ2n) is 6.90. The second-order valence-corrected chi connectivity index (χ2v) is 6.90. The molecule has 1 aliphatic heterocycles. The molecule has 0 aliphatic carbocycles. The minimum absolute atomic E-state index is 0. The van der Waals surface area contributed by atoms with Crippen molar-refractivity contribution in [1.82, 2.24) is 9.97 Å². The van der Waals surface area contributed by atoms with Gasteiger partial charge in [0, 0.05) is 24.2 Å². The lowest BCUT2D eigenvalue weighted by Crippen LogP contribution is -2.36. The fraction of sp³-hybridized carbons (Fsp3) is 0.217. The smallest absolute Gasteiger partial charge is 0.227 e. The molecule has 1 aliphatic rings. The number of nitrogens with zero attached hydrogens (tertiary/aromatic N) is 3. The van der Waals surface area contributed by atoms with Crippen LogP contribution in [0.25, 0.3) is 33.8 Å². The van der Waals surface area contributed by atoms with Crippen LogP contribution in [0.2, 0.25) is 0 Å². The van der Waals surface area contributed by atoms with Gasteiger partial charge in [-0.15, -0.1) is 12.4 Å². The third-order valence-electron chi connectivity index (χ3n) is 5.14. The van der Waals surface area contributed by atoms with Gasteiger partial charge in [-0.25, -0.2) is 4.98 Å². The molecular weight excluding hydrogens is 402 g/mol. The second kappa shape index (κ2) is 8.73. The normalized spacial score (nSPS) is 13.8. The van der Waals surface area contributed by atoms with Crippen molar-refractivity contribution in [3.8, 4) is 28.5 Å². The van der Waals surface area contributed by atoms with Crippen molar-refractivity contribution in [2.75, 3.05) is 38.3 Å². The van der Waals surface area contributed by atoms with Crippen LogP contribution in [-0.2, 0) is 4.74 Å². The quantitative estimate of drug-likeness (QED) is 0.468. The van der Waals surface area contributed by atoms with Gasteiger partial charge in [0.25, 0.3) is 0 Å². The Kier molecular flexibility index (Phi) is 5.88. The van der Waals surface area contributed by atoms with E-state index in [1.165, 1.54) is 0 Å². The van der Waals surface area contributed by atoms with Crippen molar-refractivity contribution >= 4 is 29.2 Å². The van der Waals surface area contributed by atoms with Crippen LogP contribution in [0, 0.1) is 0 Å². The third kappa shape index (κ3) is 3.84. The summed E-state index contributed by atoms with van der Waals surface area (Å²) in [6, 6.07) is 17.8. The van der Waals surface area contributed by atoms with Crippen molar-refractivity contribution in [1.29, 1.82) is 0 Å². The van der Waals surface area contributed by atoms with E-state index in [1.807, 2.05) is 54.7 Å². The van der Waals surface area contributed by atoms with E-state index in [9.17, 15) is 0 Å². The van der Waals surface area contributed by atoms with E-state index in [1.54, 1.807) is 7.11 Å². The highest BCUT2D eigenvalue weighted by Crippen LogP contribution is 2.34. The first-order valence-corrected chi connectivity index (χ1v) is 9.65. The molecular formula is C23H22ClN3O3. The minimum Gasteiger partial charge on any atom is -0.496 e. The van der Waals surface area contributed by atoms with Gasteiger partial charge in [0.1, 0.15) is 11.3 Å². The number of aromatic nitrogens is 2. The molecule has 0 saturated carbocycles. The van der Waals surface area contributed by atoms with Crippen molar-refractivity contribution in [2.24, 2.45) is 0 Å². The Balaban J connectivity index is 0.00000218. The number of fused-ring (bicyclic) bond motifs is 1. The summed E-state index contributed by atoms with van der Waals surface area (Å²) in [6.45, 7) is 3.30. The standard InChI is InChI=1S/C23H21N3O3.ClH/c1-27-22-14-16(23-25-20-4-2-3-5-21(20)29-23)6-8-18(22)19-9-7-17(15-24-19)26-10-12-28-13-11-26;/h2-9,14-15H,10-13H2,1H3;1H. The summed E-state index contributed by atoms with van der Waals surface area (Å²) >= 11 is 0. The van der Waals surface area contributed by atoms with Crippen LogP contribution >= 0.6 is 12.4 Å². The summed E-state index contributed by atoms with van der Waals surface area (Å²) in [5, 5.41) is 0. The molecule has 0 bridgehead atoms. The number of para-hydroxylation sites is 2. The van der Waals surface area contributed by atoms with Crippen molar-refractivity contribution in [3.05, 3.63) is 60.8 Å². The number of ether oxygens (including phenoxy) is 2. The average molecular weight is 424 g/mol. The Morgan fingerprint density at radius 2 is 1.83 bits per heavy atom. The van der Waals surface area contributed by atoms with Crippen molar-refractivity contribution in [2.45, 2.75) is 0 Å². The predicted octanol–water partition coefficient (Wildman–Crippen LogP) is 4.82. The van der Waals surface area contributed by atoms with Gasteiger partial charge in [0.05, 0.1) is 37.9 Å². The Labute approximate surface area is 180 Å². The van der Waals surface area contributed by atoms with E-state index < -0.39 is 0 Å². The van der Waals surface area contributed by atoms with Gasteiger partial charge in [-0.1, -0.05) is 12.1 Å². The third-order valence-corrected chi connectivity index (χ3v) is 5.14. The van der Waals surface area contributed by atoms with E-state index in [0.29, 0.717) is 5.89 Å². The van der Waals surface area contributed by atoms with E-state index >= 15 is 0 Å². The number of hydrogen-bond acceptors (Lipinski definition) is 6. The SMILES string of the molecule is COc1cc(-c2nc3ccccc3o2)ccc1-c1ccc(N2CCOCC2)cn1.Cl. The Bertz CT molecular complexity index is 1110. The summed E-state index contributed by atoms with van der Waals surface area (Å²) in [5.74, 6) is 1.31. The van der Waals surface area contributed by atoms with E-state index in [0.717, 1.165) is 65.7 Å². The lowest BCUT2D eigenvalue weighted by Gasteiger charge is -2.28. The van der Waals surface area contributed by atoms with Crippen LogP contribution in [0.1, 0.15) is 0 Å². The van der Waals surface area contributed by atoms with Crippen molar-refractivity contribution < 1.29 is 13.9 Å². The molecule has 0 unspecified atom stereocenters. The summed E-state index contributed by atoms with van der Waals surface area (Å²) < 4.78 is 17.0. The van der Waals surface area contributed by atoms with Crippen LogP contribution < -0.4 is 9.64 Å². The summed E-state index contributed by atoms with van der Waals surface area (Å²) in [7, 11) is 1.66. The number of pyridine rings is 1. The number of methoxy groups -OCH3 is 1. The molecule has 6 nitrogen and oxygen atoms in total. The lowest BCUT2D eigenvalue weighted by atomic mass is 10.1. The molecule has 0 N–H and O–H groups in total. The number of hydrogen-bond donors (Lipinski definition) is 0. The first kappa shape index (κ1) is 20.2. The molecule has 0 spiro atoms. The van der Waals surface area contributed by atoms with Crippen molar-refractivity contribution in [3.63, 3.8) is 0 Å². The summed E-state index contributed by atoms with van der Waals surface area (Å²) in [6.07, 6.45) is 1.91. The number of benzene rings is 2. The number of morpholine rings is 1. The molecule has 1 fully saturated rings. The molecule has 0 radical (unpaired) electrons. The van der Waals surface area contributed by atoms with Gasteiger partial charge >= 0.3 is 0 Å². The molecule has 154 valence electrons. The zero-order chi connectivity index (χ0) is 19.6. The monoisotopic (exact) mass is 423 g/mol. The van der Waals surface area contributed by atoms with Crippen LogP contribution in [0.15, 0.2) is 65.2 Å². The van der Waals surface area contributed by atoms with Gasteiger partial charge in [-0.05, 0) is 42.5 Å². The number of halogens is 1. The topological polar surface area (TPSA) is 60.6 Å². The zero-order valence-electron chi connectivity index (χ0n) is 16.6. The first-order chi connectivity index (χ1) is 14.3. The Morgan fingerprint density at radius 1 is 1.00 bits per heavy atom. The Morgan fingerprint density at radius 3 is 2.57 bits per heavy atom. The Hall–Kier alpha value is -3.09. The molecule has 5 rings (SSSR count).